The van der Waals surface area contributed by atoms with Gasteiger partial charge >= 0.3 is 10.2 Å². The lowest BCUT2D eigenvalue weighted by atomic mass is 10.1. The highest BCUT2D eigenvalue weighted by Crippen LogP contribution is 2.39. The number of anilines is 1. The van der Waals surface area contributed by atoms with Crippen LogP contribution in [0.1, 0.15) is 19.4 Å². The molecule has 0 unspecified atom stereocenters. The van der Waals surface area contributed by atoms with Gasteiger partial charge in [0.15, 0.2) is 5.69 Å². The van der Waals surface area contributed by atoms with Gasteiger partial charge in [-0.15, -0.1) is 14.1 Å². The van der Waals surface area contributed by atoms with E-state index in [4.69, 9.17) is 0 Å². The minimum Gasteiger partial charge on any atom is -0.372 e. The van der Waals surface area contributed by atoms with E-state index >= 15 is 0 Å². The smallest absolute Gasteiger partial charge is 0.332 e. The number of halogens is 2. The van der Waals surface area contributed by atoms with Gasteiger partial charge in [-0.2, -0.15) is 8.42 Å². The van der Waals surface area contributed by atoms with Crippen LogP contribution >= 0.6 is 15.9 Å². The molecule has 0 atom stereocenters. The van der Waals surface area contributed by atoms with Gasteiger partial charge in [-0.05, 0) is 66.5 Å². The van der Waals surface area contributed by atoms with Gasteiger partial charge in [0.1, 0.15) is 4.90 Å². The van der Waals surface area contributed by atoms with Crippen LogP contribution in [-0.2, 0) is 10.2 Å². The van der Waals surface area contributed by atoms with Crippen molar-refractivity contribution in [3.8, 4) is 0 Å². The summed E-state index contributed by atoms with van der Waals surface area (Å²) in [6.45, 7) is 7.62. The van der Waals surface area contributed by atoms with Crippen molar-refractivity contribution in [1.82, 2.24) is 0 Å². The molecule has 0 aliphatic heterocycles. The SMILES string of the molecule is CCN(CC)c1ccc(N=Nc2c(Br)cc(S(=O)(=O)F)cc2[N+](=O)[O-])c(C)c1. The highest BCUT2D eigenvalue weighted by atomic mass is 79.9. The van der Waals surface area contributed by atoms with Gasteiger partial charge in [-0.3, -0.25) is 10.1 Å². The second kappa shape index (κ2) is 8.74. The summed E-state index contributed by atoms with van der Waals surface area (Å²) in [6.07, 6.45) is 0. The first-order valence-corrected chi connectivity index (χ1v) is 10.5. The molecule has 0 spiro atoms. The number of hydrogen-bond donors (Lipinski definition) is 0. The van der Waals surface area contributed by atoms with Gasteiger partial charge in [-0.1, -0.05) is 0 Å². The molecule has 0 heterocycles. The first kappa shape index (κ1) is 21.9. The molecular weight excluding hydrogens is 455 g/mol. The zero-order chi connectivity index (χ0) is 21.1. The fourth-order valence-corrected chi connectivity index (χ4v) is 3.77. The minimum absolute atomic E-state index is 0.0564. The van der Waals surface area contributed by atoms with Crippen LogP contribution in [0.3, 0.4) is 0 Å². The van der Waals surface area contributed by atoms with E-state index in [-0.39, 0.29) is 10.2 Å². The van der Waals surface area contributed by atoms with Crippen LogP contribution < -0.4 is 4.90 Å². The van der Waals surface area contributed by atoms with Crippen molar-refractivity contribution in [1.29, 1.82) is 0 Å². The summed E-state index contributed by atoms with van der Waals surface area (Å²) in [6, 6.07) is 7.07. The van der Waals surface area contributed by atoms with E-state index < -0.39 is 25.7 Å². The van der Waals surface area contributed by atoms with Gasteiger partial charge < -0.3 is 4.90 Å². The van der Waals surface area contributed by atoms with Crippen molar-refractivity contribution in [3.05, 3.63) is 50.5 Å². The average molecular weight is 473 g/mol. The van der Waals surface area contributed by atoms with E-state index in [9.17, 15) is 22.4 Å². The van der Waals surface area contributed by atoms with E-state index in [0.717, 1.165) is 30.4 Å². The van der Waals surface area contributed by atoms with E-state index in [1.807, 2.05) is 32.9 Å². The summed E-state index contributed by atoms with van der Waals surface area (Å²) in [5, 5.41) is 19.2. The Bertz CT molecular complexity index is 1040. The predicted molar refractivity (Wildman–Crippen MR) is 108 cm³/mol. The average Bonchev–Trinajstić information content (AvgIpc) is 2.61. The Kier molecular flexibility index (Phi) is 6.83. The Morgan fingerprint density at radius 3 is 2.32 bits per heavy atom. The van der Waals surface area contributed by atoms with E-state index in [1.165, 1.54) is 0 Å². The Labute approximate surface area is 170 Å². The Hall–Kier alpha value is -2.40. The summed E-state index contributed by atoms with van der Waals surface area (Å²) in [5.74, 6) is 0. The largest absolute Gasteiger partial charge is 0.372 e. The maximum atomic E-state index is 13.2. The maximum absolute atomic E-state index is 13.2. The van der Waals surface area contributed by atoms with Crippen molar-refractivity contribution in [2.45, 2.75) is 25.7 Å². The zero-order valence-electron chi connectivity index (χ0n) is 15.4. The third kappa shape index (κ3) is 4.90. The summed E-state index contributed by atoms with van der Waals surface area (Å²) in [4.78, 5) is 11.8. The van der Waals surface area contributed by atoms with Gasteiger partial charge in [0.25, 0.3) is 5.69 Å². The molecule has 0 aromatic heterocycles. The molecular formula is C17H18BrFN4O4S. The van der Waals surface area contributed by atoms with Crippen LogP contribution in [0.2, 0.25) is 0 Å². The standard InChI is InChI=1S/C17H18BrFN4O4S/c1-4-22(5-2)12-6-7-15(11(3)8-12)20-21-17-14(18)9-13(28(19,26)27)10-16(17)23(24)25/h6-10H,4-5H2,1-3H3. The molecule has 8 nitrogen and oxygen atoms in total. The highest BCUT2D eigenvalue weighted by Gasteiger charge is 2.24. The lowest BCUT2D eigenvalue weighted by Gasteiger charge is -2.21. The van der Waals surface area contributed by atoms with E-state index in [0.29, 0.717) is 11.8 Å². The monoisotopic (exact) mass is 472 g/mol. The molecule has 28 heavy (non-hydrogen) atoms. The topological polar surface area (TPSA) is 105 Å². The summed E-state index contributed by atoms with van der Waals surface area (Å²) in [7, 11) is -5.10. The van der Waals surface area contributed by atoms with Crippen LogP contribution in [0.5, 0.6) is 0 Å². The van der Waals surface area contributed by atoms with E-state index in [2.05, 4.69) is 31.1 Å². The quantitative estimate of drug-likeness (QED) is 0.226. The van der Waals surface area contributed by atoms with Crippen LogP contribution in [0.15, 0.2) is 49.9 Å². The molecule has 0 saturated carbocycles. The molecule has 2 aromatic rings. The first-order chi connectivity index (χ1) is 13.1. The predicted octanol–water partition coefficient (Wildman–Crippen LogP) is 5.59. The lowest BCUT2D eigenvalue weighted by molar-refractivity contribution is -0.384. The molecule has 11 heteroatoms. The number of nitro benzene ring substituents is 1. The molecule has 0 amide bonds. The number of nitro groups is 1. The third-order valence-electron chi connectivity index (χ3n) is 4.06. The Morgan fingerprint density at radius 1 is 1.18 bits per heavy atom. The third-order valence-corrected chi connectivity index (χ3v) is 5.47. The Morgan fingerprint density at radius 2 is 1.82 bits per heavy atom. The molecule has 0 N–H and O–H groups in total. The molecule has 2 rings (SSSR count). The van der Waals surface area contributed by atoms with Gasteiger partial charge in [-0.25, -0.2) is 0 Å². The van der Waals surface area contributed by atoms with Crippen LogP contribution in [-0.4, -0.2) is 26.4 Å². The second-order valence-electron chi connectivity index (χ2n) is 5.81. The number of azo groups is 1. The van der Waals surface area contributed by atoms with Crippen molar-refractivity contribution < 1.29 is 17.2 Å². The lowest BCUT2D eigenvalue weighted by Crippen LogP contribution is -2.21. The number of nitrogens with zero attached hydrogens (tertiary/aromatic N) is 4. The fourth-order valence-electron chi connectivity index (χ4n) is 2.58. The number of aryl methyl sites for hydroxylation is 1. The second-order valence-corrected chi connectivity index (χ2v) is 8.01. The van der Waals surface area contributed by atoms with Gasteiger partial charge in [0.2, 0.25) is 0 Å². The van der Waals surface area contributed by atoms with Gasteiger partial charge in [0.05, 0.1) is 15.1 Å². The normalized spacial score (nSPS) is 11.8. The molecule has 2 aromatic carbocycles. The van der Waals surface area contributed by atoms with Crippen molar-refractivity contribution in [2.24, 2.45) is 10.2 Å². The van der Waals surface area contributed by atoms with Crippen LogP contribution in [0.4, 0.5) is 26.6 Å². The van der Waals surface area contributed by atoms with Crippen molar-refractivity contribution in [3.63, 3.8) is 0 Å². The van der Waals surface area contributed by atoms with Crippen LogP contribution in [0.25, 0.3) is 0 Å². The molecule has 0 aliphatic rings. The van der Waals surface area contributed by atoms with Crippen LogP contribution in [0, 0.1) is 17.0 Å². The first-order valence-electron chi connectivity index (χ1n) is 8.28. The summed E-state index contributed by atoms with van der Waals surface area (Å²) >= 11 is 3.00. The molecule has 0 fully saturated rings. The molecule has 0 saturated heterocycles. The number of hydrogen-bond acceptors (Lipinski definition) is 7. The molecule has 150 valence electrons. The zero-order valence-corrected chi connectivity index (χ0v) is 17.8. The van der Waals surface area contributed by atoms with Gasteiger partial charge in [0, 0.05) is 24.8 Å². The highest BCUT2D eigenvalue weighted by molar-refractivity contribution is 9.10. The fraction of sp³-hybridized carbons (Fsp3) is 0.294. The minimum atomic E-state index is -5.10. The Balaban J connectivity index is 2.48. The van der Waals surface area contributed by atoms with Crippen molar-refractivity contribution in [2.75, 3.05) is 18.0 Å². The number of rotatable bonds is 7. The van der Waals surface area contributed by atoms with Crippen molar-refractivity contribution >= 4 is 48.9 Å². The summed E-state index contributed by atoms with van der Waals surface area (Å²) < 4.78 is 35.3. The molecule has 0 bridgehead atoms. The van der Waals surface area contributed by atoms with E-state index in [1.54, 1.807) is 6.07 Å². The molecule has 0 aliphatic carbocycles. The maximum Gasteiger partial charge on any atom is 0.332 e. The number of benzene rings is 2. The molecule has 0 radical (unpaired) electrons. The summed E-state index contributed by atoms with van der Waals surface area (Å²) in [5.41, 5.74) is 1.46.